The SMILES string of the molecule is CC(C)N(C)C(=O)Cn1c(-c2cccc(Cl)c2)cc2cc(OCCCN3CC4(COC4)C3)ccc21. The number of likely N-dealkylation sites (N-methyl/N-ethyl adjacent to an activating group) is 1. The maximum atomic E-state index is 13.0. The number of benzene rings is 2. The number of nitrogens with zero attached hydrogens (tertiary/aromatic N) is 3. The van der Waals surface area contributed by atoms with Gasteiger partial charge in [0.2, 0.25) is 5.91 Å². The molecular weight excluding hydrogens is 462 g/mol. The summed E-state index contributed by atoms with van der Waals surface area (Å²) in [7, 11) is 1.85. The first-order valence-corrected chi connectivity index (χ1v) is 12.8. The van der Waals surface area contributed by atoms with E-state index in [1.54, 1.807) is 4.90 Å². The highest BCUT2D eigenvalue weighted by molar-refractivity contribution is 6.30. The Morgan fingerprint density at radius 2 is 1.97 bits per heavy atom. The molecule has 3 aromatic rings. The molecule has 0 aliphatic carbocycles. The zero-order chi connectivity index (χ0) is 24.6. The summed E-state index contributed by atoms with van der Waals surface area (Å²) >= 11 is 6.29. The predicted octanol–water partition coefficient (Wildman–Crippen LogP) is 4.93. The number of halogens is 1. The van der Waals surface area contributed by atoms with E-state index in [1.807, 2.05) is 51.2 Å². The lowest BCUT2D eigenvalue weighted by Gasteiger charge is -2.55. The van der Waals surface area contributed by atoms with E-state index in [9.17, 15) is 4.79 Å². The number of fused-ring (bicyclic) bond motifs is 1. The van der Waals surface area contributed by atoms with E-state index < -0.39 is 0 Å². The van der Waals surface area contributed by atoms with Gasteiger partial charge in [0.25, 0.3) is 0 Å². The summed E-state index contributed by atoms with van der Waals surface area (Å²) in [6.45, 7) is 10.2. The number of hydrogen-bond acceptors (Lipinski definition) is 4. The summed E-state index contributed by atoms with van der Waals surface area (Å²) in [4.78, 5) is 17.2. The van der Waals surface area contributed by atoms with Crippen molar-refractivity contribution in [1.82, 2.24) is 14.4 Å². The molecule has 2 aliphatic rings. The molecule has 1 aromatic heterocycles. The second-order valence-corrected chi connectivity index (χ2v) is 10.8. The molecule has 2 aromatic carbocycles. The predicted molar refractivity (Wildman–Crippen MR) is 140 cm³/mol. The molecule has 1 amide bonds. The molecule has 0 atom stereocenters. The van der Waals surface area contributed by atoms with Crippen LogP contribution in [0.2, 0.25) is 5.02 Å². The van der Waals surface area contributed by atoms with E-state index in [1.165, 1.54) is 0 Å². The van der Waals surface area contributed by atoms with Crippen molar-refractivity contribution < 1.29 is 14.3 Å². The quantitative estimate of drug-likeness (QED) is 0.395. The largest absolute Gasteiger partial charge is 0.494 e. The summed E-state index contributed by atoms with van der Waals surface area (Å²) < 4.78 is 13.5. The first-order chi connectivity index (χ1) is 16.8. The van der Waals surface area contributed by atoms with Gasteiger partial charge in [0.1, 0.15) is 12.3 Å². The molecule has 0 bridgehead atoms. The molecule has 6 nitrogen and oxygen atoms in total. The topological polar surface area (TPSA) is 46.9 Å². The number of hydrogen-bond donors (Lipinski definition) is 0. The van der Waals surface area contributed by atoms with Gasteiger partial charge in [-0.1, -0.05) is 23.7 Å². The third kappa shape index (κ3) is 5.06. The lowest BCUT2D eigenvalue weighted by atomic mass is 9.78. The summed E-state index contributed by atoms with van der Waals surface area (Å²) in [5.41, 5.74) is 3.43. The highest BCUT2D eigenvalue weighted by Gasteiger charge is 2.48. The Morgan fingerprint density at radius 1 is 1.17 bits per heavy atom. The molecule has 2 fully saturated rings. The zero-order valence-corrected chi connectivity index (χ0v) is 21.6. The maximum Gasteiger partial charge on any atom is 0.242 e. The molecule has 7 heteroatoms. The molecule has 3 heterocycles. The number of carbonyl (C=O) groups excluding carboxylic acids is 1. The Kier molecular flexibility index (Phi) is 6.80. The van der Waals surface area contributed by atoms with E-state index >= 15 is 0 Å². The lowest BCUT2D eigenvalue weighted by molar-refractivity contribution is -0.189. The van der Waals surface area contributed by atoms with Gasteiger partial charge < -0.3 is 23.8 Å². The lowest BCUT2D eigenvalue weighted by Crippen LogP contribution is -2.65. The number of rotatable bonds is 9. The average Bonchev–Trinajstić information content (AvgIpc) is 3.13. The first kappa shape index (κ1) is 24.2. The standard InChI is InChI=1S/C28H34ClN3O3/c1-20(2)30(3)27(33)15-32-25-9-8-24(35-11-5-10-31-16-28(17-31)18-34-19-28)13-22(25)14-26(32)21-6-4-7-23(29)12-21/h4,6-9,12-14,20H,5,10-11,15-19H2,1-3H3. The van der Waals surface area contributed by atoms with Crippen molar-refractivity contribution in [2.75, 3.05) is 46.5 Å². The summed E-state index contributed by atoms with van der Waals surface area (Å²) in [5, 5.41) is 1.72. The molecule has 0 radical (unpaired) electrons. The van der Waals surface area contributed by atoms with Crippen LogP contribution < -0.4 is 4.74 Å². The van der Waals surface area contributed by atoms with Crippen LogP contribution in [0.1, 0.15) is 20.3 Å². The third-order valence-electron chi connectivity index (χ3n) is 7.28. The van der Waals surface area contributed by atoms with E-state index in [2.05, 4.69) is 27.7 Å². The van der Waals surface area contributed by atoms with E-state index in [0.29, 0.717) is 17.0 Å². The first-order valence-electron chi connectivity index (χ1n) is 12.4. The minimum absolute atomic E-state index is 0.0716. The zero-order valence-electron chi connectivity index (χ0n) is 20.8. The van der Waals surface area contributed by atoms with Gasteiger partial charge in [-0.15, -0.1) is 0 Å². The molecule has 5 rings (SSSR count). The van der Waals surface area contributed by atoms with Gasteiger partial charge in [0.05, 0.1) is 19.8 Å². The molecule has 35 heavy (non-hydrogen) atoms. The Balaban J connectivity index is 1.31. The Hall–Kier alpha value is -2.54. The van der Waals surface area contributed by atoms with Gasteiger partial charge in [0.15, 0.2) is 0 Å². The monoisotopic (exact) mass is 495 g/mol. The molecule has 1 spiro atoms. The van der Waals surface area contributed by atoms with Gasteiger partial charge in [-0.05, 0) is 62.2 Å². The fraction of sp³-hybridized carbons (Fsp3) is 0.464. The van der Waals surface area contributed by atoms with Crippen molar-refractivity contribution in [2.45, 2.75) is 32.9 Å². The minimum Gasteiger partial charge on any atom is -0.494 e. The van der Waals surface area contributed by atoms with Crippen LogP contribution in [0.5, 0.6) is 5.75 Å². The second-order valence-electron chi connectivity index (χ2n) is 10.4. The van der Waals surface area contributed by atoms with Crippen LogP contribution in [-0.4, -0.2) is 72.8 Å². The summed E-state index contributed by atoms with van der Waals surface area (Å²) in [6, 6.07) is 16.2. The molecule has 0 unspecified atom stereocenters. The van der Waals surface area contributed by atoms with Crippen molar-refractivity contribution in [3.05, 3.63) is 53.6 Å². The molecular formula is C28H34ClN3O3. The van der Waals surface area contributed by atoms with Crippen molar-refractivity contribution in [3.8, 4) is 17.0 Å². The van der Waals surface area contributed by atoms with Gasteiger partial charge in [-0.3, -0.25) is 4.79 Å². The van der Waals surface area contributed by atoms with E-state index in [0.717, 1.165) is 67.2 Å². The number of likely N-dealkylation sites (tertiary alicyclic amines) is 1. The van der Waals surface area contributed by atoms with Gasteiger partial charge >= 0.3 is 0 Å². The Bertz CT molecular complexity index is 1210. The van der Waals surface area contributed by atoms with Crippen LogP contribution in [-0.2, 0) is 16.1 Å². The van der Waals surface area contributed by atoms with Crippen LogP contribution >= 0.6 is 11.6 Å². The molecule has 2 aliphatic heterocycles. The molecule has 0 saturated carbocycles. The van der Waals surface area contributed by atoms with Crippen LogP contribution in [0, 0.1) is 5.41 Å². The van der Waals surface area contributed by atoms with Gasteiger partial charge in [-0.25, -0.2) is 0 Å². The number of ether oxygens (including phenoxy) is 2. The maximum absolute atomic E-state index is 13.0. The molecule has 2 saturated heterocycles. The van der Waals surface area contributed by atoms with Gasteiger partial charge in [0, 0.05) is 59.8 Å². The van der Waals surface area contributed by atoms with Crippen LogP contribution in [0.4, 0.5) is 0 Å². The van der Waals surface area contributed by atoms with Crippen molar-refractivity contribution >= 4 is 28.4 Å². The smallest absolute Gasteiger partial charge is 0.242 e. The number of amides is 1. The number of carbonyl (C=O) groups is 1. The van der Waals surface area contributed by atoms with Crippen LogP contribution in [0.15, 0.2) is 48.5 Å². The highest BCUT2D eigenvalue weighted by atomic mass is 35.5. The average molecular weight is 496 g/mol. The number of aromatic nitrogens is 1. The van der Waals surface area contributed by atoms with Gasteiger partial charge in [-0.2, -0.15) is 0 Å². The third-order valence-corrected chi connectivity index (χ3v) is 7.51. The van der Waals surface area contributed by atoms with Crippen molar-refractivity contribution in [3.63, 3.8) is 0 Å². The Labute approximate surface area is 212 Å². The van der Waals surface area contributed by atoms with Crippen molar-refractivity contribution in [2.24, 2.45) is 5.41 Å². The Morgan fingerprint density at radius 3 is 2.66 bits per heavy atom. The normalized spacial score (nSPS) is 16.9. The minimum atomic E-state index is 0.0716. The fourth-order valence-electron chi connectivity index (χ4n) is 5.04. The summed E-state index contributed by atoms with van der Waals surface area (Å²) in [6.07, 6.45) is 1.000. The fourth-order valence-corrected chi connectivity index (χ4v) is 5.23. The van der Waals surface area contributed by atoms with E-state index in [-0.39, 0.29) is 18.5 Å². The summed E-state index contributed by atoms with van der Waals surface area (Å²) in [5.74, 6) is 0.924. The van der Waals surface area contributed by atoms with Crippen LogP contribution in [0.25, 0.3) is 22.2 Å². The highest BCUT2D eigenvalue weighted by Crippen LogP contribution is 2.37. The van der Waals surface area contributed by atoms with Crippen molar-refractivity contribution in [1.29, 1.82) is 0 Å². The molecule has 186 valence electrons. The second kappa shape index (κ2) is 9.84. The molecule has 0 N–H and O–H groups in total. The van der Waals surface area contributed by atoms with E-state index in [4.69, 9.17) is 21.1 Å². The van der Waals surface area contributed by atoms with Crippen LogP contribution in [0.3, 0.4) is 0 Å².